The third kappa shape index (κ3) is 2.97. The topological polar surface area (TPSA) is 57.6 Å². The monoisotopic (exact) mass is 309 g/mol. The molecule has 1 aliphatic heterocycles. The summed E-state index contributed by atoms with van der Waals surface area (Å²) in [5.41, 5.74) is 5.14. The summed E-state index contributed by atoms with van der Waals surface area (Å²) in [4.78, 5) is 25.7. The first-order chi connectivity index (χ1) is 11.0. The molecule has 2 aromatic carbocycles. The smallest absolute Gasteiger partial charge is 0.335 e. The molecule has 118 valence electrons. The SMILES string of the molecule is Cc1ccc(C(=O)N2CCc3ccc(C(=O)O)cc3C2)c(C)c1. The third-order valence-electron chi connectivity index (χ3n) is 4.37. The second kappa shape index (κ2) is 5.88. The van der Waals surface area contributed by atoms with Gasteiger partial charge in [0.15, 0.2) is 0 Å². The molecular formula is C19H19NO3. The molecule has 0 radical (unpaired) electrons. The van der Waals surface area contributed by atoms with Crippen LogP contribution in [0.4, 0.5) is 0 Å². The highest BCUT2D eigenvalue weighted by Gasteiger charge is 2.23. The molecule has 0 aromatic heterocycles. The van der Waals surface area contributed by atoms with E-state index in [-0.39, 0.29) is 11.5 Å². The van der Waals surface area contributed by atoms with E-state index >= 15 is 0 Å². The first-order valence-corrected chi connectivity index (χ1v) is 7.67. The van der Waals surface area contributed by atoms with Gasteiger partial charge in [0.05, 0.1) is 5.56 Å². The van der Waals surface area contributed by atoms with Crippen LogP contribution in [0.3, 0.4) is 0 Å². The summed E-state index contributed by atoms with van der Waals surface area (Å²) >= 11 is 0. The van der Waals surface area contributed by atoms with Gasteiger partial charge in [0.1, 0.15) is 0 Å². The number of hydrogen-bond donors (Lipinski definition) is 1. The van der Waals surface area contributed by atoms with Gasteiger partial charge < -0.3 is 10.0 Å². The number of carbonyl (C=O) groups is 2. The minimum absolute atomic E-state index is 0.00822. The minimum Gasteiger partial charge on any atom is -0.478 e. The van der Waals surface area contributed by atoms with Crippen LogP contribution >= 0.6 is 0 Å². The highest BCUT2D eigenvalue weighted by atomic mass is 16.4. The molecule has 1 heterocycles. The van der Waals surface area contributed by atoms with Gasteiger partial charge in [-0.05, 0) is 55.2 Å². The Morgan fingerprint density at radius 2 is 1.83 bits per heavy atom. The van der Waals surface area contributed by atoms with Gasteiger partial charge in [-0.1, -0.05) is 23.8 Å². The molecule has 0 bridgehead atoms. The highest BCUT2D eigenvalue weighted by Crippen LogP contribution is 2.23. The van der Waals surface area contributed by atoms with Crippen LogP contribution < -0.4 is 0 Å². The number of aromatic carboxylic acids is 1. The fourth-order valence-electron chi connectivity index (χ4n) is 3.09. The standard InChI is InChI=1S/C19H19NO3/c1-12-3-6-17(13(2)9-12)18(21)20-8-7-14-4-5-15(19(22)23)10-16(14)11-20/h3-6,9-10H,7-8,11H2,1-2H3,(H,22,23). The number of benzene rings is 2. The fraction of sp³-hybridized carbons (Fsp3) is 0.263. The fourth-order valence-corrected chi connectivity index (χ4v) is 3.09. The number of carboxylic acids is 1. The summed E-state index contributed by atoms with van der Waals surface area (Å²) < 4.78 is 0. The predicted molar refractivity (Wildman–Crippen MR) is 87.8 cm³/mol. The van der Waals surface area contributed by atoms with Crippen LogP contribution in [0.2, 0.25) is 0 Å². The van der Waals surface area contributed by atoms with E-state index in [9.17, 15) is 9.59 Å². The summed E-state index contributed by atoms with van der Waals surface area (Å²) in [6.45, 7) is 5.07. The van der Waals surface area contributed by atoms with Gasteiger partial charge in [-0.2, -0.15) is 0 Å². The molecule has 1 N–H and O–H groups in total. The highest BCUT2D eigenvalue weighted by molar-refractivity contribution is 5.96. The van der Waals surface area contributed by atoms with Crippen molar-refractivity contribution in [2.45, 2.75) is 26.8 Å². The quantitative estimate of drug-likeness (QED) is 0.927. The van der Waals surface area contributed by atoms with Crippen molar-refractivity contribution in [2.24, 2.45) is 0 Å². The number of carbonyl (C=O) groups excluding carboxylic acids is 1. The maximum absolute atomic E-state index is 12.8. The Morgan fingerprint density at radius 3 is 2.52 bits per heavy atom. The van der Waals surface area contributed by atoms with E-state index in [1.54, 1.807) is 17.0 Å². The Morgan fingerprint density at radius 1 is 1.04 bits per heavy atom. The number of rotatable bonds is 2. The lowest BCUT2D eigenvalue weighted by Gasteiger charge is -2.29. The first kappa shape index (κ1) is 15.3. The summed E-state index contributed by atoms with van der Waals surface area (Å²) in [6, 6.07) is 11.0. The molecule has 0 unspecified atom stereocenters. The molecule has 4 heteroatoms. The number of hydrogen-bond acceptors (Lipinski definition) is 2. The number of carboxylic acid groups (broad SMARTS) is 1. The zero-order valence-corrected chi connectivity index (χ0v) is 13.3. The number of aryl methyl sites for hydroxylation is 2. The second-order valence-electron chi connectivity index (χ2n) is 6.08. The lowest BCUT2D eigenvalue weighted by molar-refractivity contribution is 0.0696. The molecule has 2 aromatic rings. The van der Waals surface area contributed by atoms with Crippen molar-refractivity contribution in [2.75, 3.05) is 6.54 Å². The molecular weight excluding hydrogens is 290 g/mol. The summed E-state index contributed by atoms with van der Waals surface area (Å²) in [6.07, 6.45) is 0.756. The molecule has 0 saturated heterocycles. The number of amides is 1. The lowest BCUT2D eigenvalue weighted by atomic mass is 9.96. The van der Waals surface area contributed by atoms with Crippen molar-refractivity contribution in [3.05, 3.63) is 69.8 Å². The van der Waals surface area contributed by atoms with E-state index in [4.69, 9.17) is 5.11 Å². The van der Waals surface area contributed by atoms with E-state index in [1.807, 2.05) is 38.1 Å². The van der Waals surface area contributed by atoms with Gasteiger partial charge >= 0.3 is 5.97 Å². The molecule has 1 amide bonds. The van der Waals surface area contributed by atoms with Crippen LogP contribution in [0.25, 0.3) is 0 Å². The maximum Gasteiger partial charge on any atom is 0.335 e. The maximum atomic E-state index is 12.8. The Labute approximate surface area is 135 Å². The van der Waals surface area contributed by atoms with Crippen molar-refractivity contribution in [3.63, 3.8) is 0 Å². The normalized spacial score (nSPS) is 13.6. The predicted octanol–water partition coefficient (Wildman–Crippen LogP) is 3.20. The molecule has 0 atom stereocenters. The average Bonchev–Trinajstić information content (AvgIpc) is 2.53. The van der Waals surface area contributed by atoms with Crippen molar-refractivity contribution < 1.29 is 14.7 Å². The van der Waals surface area contributed by atoms with E-state index in [0.717, 1.165) is 28.7 Å². The van der Waals surface area contributed by atoms with Crippen molar-refractivity contribution in [1.29, 1.82) is 0 Å². The molecule has 3 rings (SSSR count). The Bertz CT molecular complexity index is 795. The largest absolute Gasteiger partial charge is 0.478 e. The van der Waals surface area contributed by atoms with Crippen molar-refractivity contribution in [3.8, 4) is 0 Å². The third-order valence-corrected chi connectivity index (χ3v) is 4.37. The summed E-state index contributed by atoms with van der Waals surface area (Å²) in [5, 5.41) is 9.12. The van der Waals surface area contributed by atoms with E-state index in [2.05, 4.69) is 0 Å². The first-order valence-electron chi connectivity index (χ1n) is 7.67. The Hall–Kier alpha value is -2.62. The number of nitrogens with zero attached hydrogens (tertiary/aromatic N) is 1. The van der Waals surface area contributed by atoms with Crippen LogP contribution in [-0.2, 0) is 13.0 Å². The summed E-state index contributed by atoms with van der Waals surface area (Å²) in [5.74, 6) is -0.931. The molecule has 0 saturated carbocycles. The minimum atomic E-state index is -0.939. The van der Waals surface area contributed by atoms with Crippen molar-refractivity contribution in [1.82, 2.24) is 4.90 Å². The zero-order valence-electron chi connectivity index (χ0n) is 13.3. The Kier molecular flexibility index (Phi) is 3.90. The average molecular weight is 309 g/mol. The van der Waals surface area contributed by atoms with Crippen LogP contribution in [0.15, 0.2) is 36.4 Å². The van der Waals surface area contributed by atoms with Gasteiger partial charge in [-0.3, -0.25) is 4.79 Å². The van der Waals surface area contributed by atoms with Crippen molar-refractivity contribution >= 4 is 11.9 Å². The molecule has 1 aliphatic rings. The molecule has 0 spiro atoms. The van der Waals surface area contributed by atoms with E-state index < -0.39 is 5.97 Å². The number of fused-ring (bicyclic) bond motifs is 1. The molecule has 4 nitrogen and oxygen atoms in total. The van der Waals surface area contributed by atoms with Crippen LogP contribution in [-0.4, -0.2) is 28.4 Å². The molecule has 0 fully saturated rings. The van der Waals surface area contributed by atoms with Crippen LogP contribution in [0.5, 0.6) is 0 Å². The van der Waals surface area contributed by atoms with Gasteiger partial charge in [-0.25, -0.2) is 4.79 Å². The lowest BCUT2D eigenvalue weighted by Crippen LogP contribution is -2.36. The molecule has 23 heavy (non-hydrogen) atoms. The van der Waals surface area contributed by atoms with Crippen LogP contribution in [0, 0.1) is 13.8 Å². The van der Waals surface area contributed by atoms with Gasteiger partial charge in [-0.15, -0.1) is 0 Å². The van der Waals surface area contributed by atoms with Gasteiger partial charge in [0, 0.05) is 18.7 Å². The zero-order chi connectivity index (χ0) is 16.6. The van der Waals surface area contributed by atoms with E-state index in [1.165, 1.54) is 0 Å². The Balaban J connectivity index is 1.87. The van der Waals surface area contributed by atoms with E-state index in [0.29, 0.717) is 18.7 Å². The second-order valence-corrected chi connectivity index (χ2v) is 6.08. The van der Waals surface area contributed by atoms with Gasteiger partial charge in [0.25, 0.3) is 5.91 Å². The molecule has 0 aliphatic carbocycles. The van der Waals surface area contributed by atoms with Gasteiger partial charge in [0.2, 0.25) is 0 Å². The summed E-state index contributed by atoms with van der Waals surface area (Å²) in [7, 11) is 0. The van der Waals surface area contributed by atoms with Crippen LogP contribution in [0.1, 0.15) is 43.0 Å².